The van der Waals surface area contributed by atoms with Gasteiger partial charge < -0.3 is 14.7 Å². The summed E-state index contributed by atoms with van der Waals surface area (Å²) >= 11 is 0. The second-order valence-electron chi connectivity index (χ2n) is 6.20. The molecule has 1 amide bonds. The van der Waals surface area contributed by atoms with Crippen molar-refractivity contribution in [3.63, 3.8) is 0 Å². The van der Waals surface area contributed by atoms with E-state index in [9.17, 15) is 14.3 Å². The zero-order valence-electron chi connectivity index (χ0n) is 13.9. The Balaban J connectivity index is 2.59. The lowest BCUT2D eigenvalue weighted by molar-refractivity contribution is -0.131. The first-order chi connectivity index (χ1) is 10.1. The van der Waals surface area contributed by atoms with Crippen molar-refractivity contribution in [2.45, 2.75) is 26.0 Å². The van der Waals surface area contributed by atoms with Crippen molar-refractivity contribution >= 4 is 5.91 Å². The van der Waals surface area contributed by atoms with Crippen molar-refractivity contribution in [3.8, 4) is 5.75 Å². The van der Waals surface area contributed by atoms with Gasteiger partial charge in [-0.3, -0.25) is 9.69 Å². The number of carbonyl (C=O) groups is 1. The van der Waals surface area contributed by atoms with Gasteiger partial charge in [-0.15, -0.1) is 0 Å². The molecule has 6 heteroatoms. The zero-order chi connectivity index (χ0) is 16.9. The van der Waals surface area contributed by atoms with Gasteiger partial charge in [-0.1, -0.05) is 6.07 Å². The molecule has 0 aliphatic rings. The summed E-state index contributed by atoms with van der Waals surface area (Å²) in [5.74, 6) is -0.356. The van der Waals surface area contributed by atoms with Gasteiger partial charge in [0, 0.05) is 20.1 Å². The summed E-state index contributed by atoms with van der Waals surface area (Å²) in [6.07, 6.45) is 0. The van der Waals surface area contributed by atoms with E-state index in [-0.39, 0.29) is 18.2 Å². The number of amides is 1. The fraction of sp³-hybridized carbons (Fsp3) is 0.562. The summed E-state index contributed by atoms with van der Waals surface area (Å²) in [7, 11) is 4.85. The average Bonchev–Trinajstić information content (AvgIpc) is 2.36. The number of nitrogens with zero attached hydrogens (tertiary/aromatic N) is 2. The molecule has 0 aliphatic carbocycles. The van der Waals surface area contributed by atoms with E-state index in [0.29, 0.717) is 18.7 Å². The number of ether oxygens (including phenoxy) is 1. The molecule has 0 atom stereocenters. The highest BCUT2D eigenvalue weighted by Crippen LogP contribution is 2.18. The highest BCUT2D eigenvalue weighted by molar-refractivity contribution is 5.77. The average molecular weight is 312 g/mol. The summed E-state index contributed by atoms with van der Waals surface area (Å²) in [5, 5.41) is 9.73. The number of benzene rings is 1. The lowest BCUT2D eigenvalue weighted by atomic mass is 10.1. The third-order valence-corrected chi connectivity index (χ3v) is 3.12. The summed E-state index contributed by atoms with van der Waals surface area (Å²) < 4.78 is 18.5. The first-order valence-corrected chi connectivity index (χ1v) is 7.09. The van der Waals surface area contributed by atoms with Gasteiger partial charge >= 0.3 is 0 Å². The first-order valence-electron chi connectivity index (χ1n) is 7.09. The number of halogens is 1. The van der Waals surface area contributed by atoms with Crippen molar-refractivity contribution in [2.75, 3.05) is 34.3 Å². The molecular formula is C16H25FN2O3. The Morgan fingerprint density at radius 3 is 2.50 bits per heavy atom. The summed E-state index contributed by atoms with van der Waals surface area (Å²) in [5.41, 5.74) is -0.161. The second-order valence-corrected chi connectivity index (χ2v) is 6.20. The fourth-order valence-corrected chi connectivity index (χ4v) is 2.24. The summed E-state index contributed by atoms with van der Waals surface area (Å²) in [4.78, 5) is 15.4. The van der Waals surface area contributed by atoms with Crippen LogP contribution in [0.4, 0.5) is 4.39 Å². The third-order valence-electron chi connectivity index (χ3n) is 3.12. The van der Waals surface area contributed by atoms with Crippen molar-refractivity contribution in [3.05, 3.63) is 29.6 Å². The van der Waals surface area contributed by atoms with Crippen LogP contribution in [0.15, 0.2) is 18.2 Å². The molecule has 1 rings (SSSR count). The normalized spacial score (nSPS) is 11.6. The Kier molecular flexibility index (Phi) is 6.32. The Morgan fingerprint density at radius 1 is 1.36 bits per heavy atom. The molecule has 124 valence electrons. The predicted molar refractivity (Wildman–Crippen MR) is 83.2 cm³/mol. The van der Waals surface area contributed by atoms with Gasteiger partial charge in [0.25, 0.3) is 0 Å². The number of methoxy groups -OCH3 is 1. The molecule has 0 spiro atoms. The third kappa shape index (κ3) is 5.99. The molecular weight excluding hydrogens is 287 g/mol. The van der Waals surface area contributed by atoms with E-state index in [1.54, 1.807) is 45.0 Å². The van der Waals surface area contributed by atoms with Crippen LogP contribution in [0.25, 0.3) is 0 Å². The monoisotopic (exact) mass is 312 g/mol. The molecule has 22 heavy (non-hydrogen) atoms. The molecule has 0 aromatic heterocycles. The van der Waals surface area contributed by atoms with Gasteiger partial charge in [-0.25, -0.2) is 4.39 Å². The molecule has 0 bridgehead atoms. The van der Waals surface area contributed by atoms with E-state index < -0.39 is 11.4 Å². The SMILES string of the molecule is COc1ccc(CN(C)C(=O)CN(C)CC(C)(C)O)cc1F. The van der Waals surface area contributed by atoms with Gasteiger partial charge in [-0.2, -0.15) is 0 Å². The molecule has 0 saturated heterocycles. The van der Waals surface area contributed by atoms with Crippen LogP contribution in [0.3, 0.4) is 0 Å². The van der Waals surface area contributed by atoms with Crippen LogP contribution < -0.4 is 4.74 Å². The van der Waals surface area contributed by atoms with Gasteiger partial charge in [0.2, 0.25) is 5.91 Å². The first kappa shape index (κ1) is 18.4. The molecule has 0 radical (unpaired) electrons. The number of rotatable bonds is 7. The predicted octanol–water partition coefficient (Wildman–Crippen LogP) is 1.50. The highest BCUT2D eigenvalue weighted by atomic mass is 19.1. The van der Waals surface area contributed by atoms with Gasteiger partial charge in [0.15, 0.2) is 11.6 Å². The standard InChI is InChI=1S/C16H25FN2O3/c1-16(2,21)11-18(3)10-15(20)19(4)9-12-6-7-14(22-5)13(17)8-12/h6-8,21H,9-11H2,1-5H3. The van der Waals surface area contributed by atoms with Crippen molar-refractivity contribution in [2.24, 2.45) is 0 Å². The van der Waals surface area contributed by atoms with E-state index in [2.05, 4.69) is 0 Å². The van der Waals surface area contributed by atoms with Crippen LogP contribution in [0, 0.1) is 5.82 Å². The number of hydrogen-bond acceptors (Lipinski definition) is 4. The number of carbonyl (C=O) groups excluding carboxylic acids is 1. The Morgan fingerprint density at radius 2 is 2.00 bits per heavy atom. The Hall–Kier alpha value is -1.66. The fourth-order valence-electron chi connectivity index (χ4n) is 2.24. The lowest BCUT2D eigenvalue weighted by Gasteiger charge is -2.27. The van der Waals surface area contributed by atoms with E-state index in [0.717, 1.165) is 0 Å². The van der Waals surface area contributed by atoms with Crippen LogP contribution in [-0.4, -0.2) is 60.7 Å². The molecule has 0 unspecified atom stereocenters. The van der Waals surface area contributed by atoms with E-state index >= 15 is 0 Å². The molecule has 1 aromatic rings. The number of aliphatic hydroxyl groups is 1. The minimum atomic E-state index is -0.854. The van der Waals surface area contributed by atoms with Crippen molar-refractivity contribution < 1.29 is 19.0 Å². The number of likely N-dealkylation sites (N-methyl/N-ethyl adjacent to an activating group) is 2. The molecule has 0 saturated carbocycles. The van der Waals surface area contributed by atoms with Crippen LogP contribution in [0.5, 0.6) is 5.75 Å². The van der Waals surface area contributed by atoms with E-state index in [4.69, 9.17) is 4.74 Å². The second kappa shape index (κ2) is 7.56. The molecule has 1 aromatic carbocycles. The van der Waals surface area contributed by atoms with E-state index in [1.807, 2.05) is 0 Å². The molecule has 0 aliphatic heterocycles. The van der Waals surface area contributed by atoms with Gasteiger partial charge in [-0.05, 0) is 38.6 Å². The smallest absolute Gasteiger partial charge is 0.236 e. The minimum absolute atomic E-state index is 0.0945. The van der Waals surface area contributed by atoms with Crippen LogP contribution in [0.1, 0.15) is 19.4 Å². The minimum Gasteiger partial charge on any atom is -0.494 e. The number of hydrogen-bond donors (Lipinski definition) is 1. The zero-order valence-corrected chi connectivity index (χ0v) is 13.9. The Labute approximate surface area is 131 Å². The largest absolute Gasteiger partial charge is 0.494 e. The molecule has 5 nitrogen and oxygen atoms in total. The van der Waals surface area contributed by atoms with Crippen molar-refractivity contribution in [1.82, 2.24) is 9.80 Å². The summed E-state index contributed by atoms with van der Waals surface area (Å²) in [6.45, 7) is 4.29. The summed E-state index contributed by atoms with van der Waals surface area (Å²) in [6, 6.07) is 4.64. The molecule has 1 N–H and O–H groups in total. The Bertz CT molecular complexity index is 515. The van der Waals surface area contributed by atoms with Crippen LogP contribution in [0.2, 0.25) is 0 Å². The molecule has 0 fully saturated rings. The van der Waals surface area contributed by atoms with E-state index in [1.165, 1.54) is 18.1 Å². The van der Waals surface area contributed by atoms with Gasteiger partial charge in [0.05, 0.1) is 19.3 Å². The molecule has 0 heterocycles. The van der Waals surface area contributed by atoms with Gasteiger partial charge in [0.1, 0.15) is 0 Å². The van der Waals surface area contributed by atoms with Crippen LogP contribution in [-0.2, 0) is 11.3 Å². The maximum atomic E-state index is 13.6. The van der Waals surface area contributed by atoms with Crippen LogP contribution >= 0.6 is 0 Å². The van der Waals surface area contributed by atoms with Crippen molar-refractivity contribution in [1.29, 1.82) is 0 Å². The topological polar surface area (TPSA) is 53.0 Å². The maximum absolute atomic E-state index is 13.6. The highest BCUT2D eigenvalue weighted by Gasteiger charge is 2.19. The quantitative estimate of drug-likeness (QED) is 0.829. The lowest BCUT2D eigenvalue weighted by Crippen LogP contribution is -2.42. The maximum Gasteiger partial charge on any atom is 0.236 e.